The van der Waals surface area contributed by atoms with E-state index in [4.69, 9.17) is 17.3 Å². The van der Waals surface area contributed by atoms with Crippen molar-refractivity contribution < 1.29 is 4.79 Å². The molecule has 1 amide bonds. The summed E-state index contributed by atoms with van der Waals surface area (Å²) >= 11 is 5.73. The van der Waals surface area contributed by atoms with Gasteiger partial charge < -0.3 is 11.1 Å². The second-order valence-corrected chi connectivity index (χ2v) is 4.74. The van der Waals surface area contributed by atoms with Crippen LogP contribution in [0.5, 0.6) is 0 Å². The monoisotopic (exact) mass is 239 g/mol. The molecular weight excluding hydrogens is 226 g/mol. The van der Waals surface area contributed by atoms with Gasteiger partial charge in [-0.3, -0.25) is 4.79 Å². The zero-order chi connectivity index (χ0) is 11.7. The van der Waals surface area contributed by atoms with Crippen LogP contribution in [0.4, 0.5) is 5.82 Å². The highest BCUT2D eigenvalue weighted by atomic mass is 35.5. The van der Waals surface area contributed by atoms with E-state index in [1.54, 1.807) is 0 Å². The zero-order valence-electron chi connectivity index (χ0n) is 9.03. The Morgan fingerprint density at radius 1 is 1.56 bits per heavy atom. The molecule has 1 aliphatic carbocycles. The Balaban J connectivity index is 2.03. The van der Waals surface area contributed by atoms with Crippen LogP contribution in [0.25, 0.3) is 0 Å². The minimum atomic E-state index is -0.132. The summed E-state index contributed by atoms with van der Waals surface area (Å²) in [4.78, 5) is 15.6. The number of pyridine rings is 1. The number of nitrogen functional groups attached to an aromatic ring is 1. The predicted molar refractivity (Wildman–Crippen MR) is 63.3 cm³/mol. The Morgan fingerprint density at radius 2 is 2.25 bits per heavy atom. The van der Waals surface area contributed by atoms with E-state index in [1.807, 2.05) is 0 Å². The Morgan fingerprint density at radius 3 is 2.81 bits per heavy atom. The molecule has 5 heteroatoms. The number of hydrogen-bond acceptors (Lipinski definition) is 3. The summed E-state index contributed by atoms with van der Waals surface area (Å²) in [5.41, 5.74) is 5.99. The number of nitrogens with zero attached hydrogens (tertiary/aromatic N) is 1. The van der Waals surface area contributed by atoms with Gasteiger partial charge in [0.05, 0.1) is 0 Å². The van der Waals surface area contributed by atoms with Crippen LogP contribution < -0.4 is 11.1 Å². The predicted octanol–water partition coefficient (Wildman–Crippen LogP) is 1.85. The van der Waals surface area contributed by atoms with Gasteiger partial charge in [-0.1, -0.05) is 18.5 Å². The average Bonchev–Trinajstić information content (AvgIpc) is 2.13. The summed E-state index contributed by atoms with van der Waals surface area (Å²) in [6.45, 7) is 2.17. The van der Waals surface area contributed by atoms with Crippen molar-refractivity contribution in [2.75, 3.05) is 5.73 Å². The number of anilines is 1. The Labute approximate surface area is 99.2 Å². The maximum absolute atomic E-state index is 11.8. The molecule has 1 saturated carbocycles. The third-order valence-electron chi connectivity index (χ3n) is 2.79. The molecule has 0 bridgehead atoms. The lowest BCUT2D eigenvalue weighted by molar-refractivity contribution is 0.0896. The number of aromatic nitrogens is 1. The topological polar surface area (TPSA) is 68.0 Å². The van der Waals surface area contributed by atoms with E-state index in [0.717, 1.165) is 12.8 Å². The standard InChI is InChI=1S/C11H14ClN3O/c1-6-2-8(3-6)14-11(16)7-4-9(12)15-10(13)5-7/h4-6,8H,2-3H2,1H3,(H2,13,15)(H,14,16). The smallest absolute Gasteiger partial charge is 0.251 e. The summed E-state index contributed by atoms with van der Waals surface area (Å²) < 4.78 is 0. The summed E-state index contributed by atoms with van der Waals surface area (Å²) in [7, 11) is 0. The van der Waals surface area contributed by atoms with Gasteiger partial charge in [0.25, 0.3) is 5.91 Å². The summed E-state index contributed by atoms with van der Waals surface area (Å²) in [6, 6.07) is 3.34. The lowest BCUT2D eigenvalue weighted by Crippen LogP contribution is -2.43. The van der Waals surface area contributed by atoms with Crippen molar-refractivity contribution >= 4 is 23.3 Å². The molecular formula is C11H14ClN3O. The molecule has 3 N–H and O–H groups in total. The van der Waals surface area contributed by atoms with Crippen molar-refractivity contribution in [1.82, 2.24) is 10.3 Å². The molecule has 4 nitrogen and oxygen atoms in total. The Hall–Kier alpha value is -1.29. The van der Waals surface area contributed by atoms with Crippen LogP contribution in [0.15, 0.2) is 12.1 Å². The maximum atomic E-state index is 11.8. The molecule has 1 fully saturated rings. The molecule has 16 heavy (non-hydrogen) atoms. The normalized spacial score (nSPS) is 23.6. The van der Waals surface area contributed by atoms with Crippen molar-refractivity contribution in [3.8, 4) is 0 Å². The van der Waals surface area contributed by atoms with Gasteiger partial charge in [-0.25, -0.2) is 4.98 Å². The minimum Gasteiger partial charge on any atom is -0.384 e. The van der Waals surface area contributed by atoms with Crippen molar-refractivity contribution in [1.29, 1.82) is 0 Å². The van der Waals surface area contributed by atoms with E-state index >= 15 is 0 Å². The quantitative estimate of drug-likeness (QED) is 0.774. The van der Waals surface area contributed by atoms with Crippen LogP contribution in [-0.4, -0.2) is 16.9 Å². The van der Waals surface area contributed by atoms with Gasteiger partial charge in [-0.15, -0.1) is 0 Å². The molecule has 0 unspecified atom stereocenters. The van der Waals surface area contributed by atoms with Crippen LogP contribution in [0, 0.1) is 5.92 Å². The molecule has 0 saturated heterocycles. The molecule has 1 heterocycles. The number of amides is 1. The SMILES string of the molecule is CC1CC(NC(=O)c2cc(N)nc(Cl)c2)C1. The van der Waals surface area contributed by atoms with Crippen molar-refractivity contribution in [2.24, 2.45) is 5.92 Å². The number of rotatable bonds is 2. The van der Waals surface area contributed by atoms with E-state index in [0.29, 0.717) is 11.5 Å². The summed E-state index contributed by atoms with van der Waals surface area (Å²) in [6.07, 6.45) is 2.08. The van der Waals surface area contributed by atoms with Crippen LogP contribution in [0.2, 0.25) is 5.15 Å². The molecule has 0 spiro atoms. The zero-order valence-corrected chi connectivity index (χ0v) is 9.79. The maximum Gasteiger partial charge on any atom is 0.251 e. The Kier molecular flexibility index (Phi) is 3.01. The molecule has 1 aromatic rings. The molecule has 0 radical (unpaired) electrons. The van der Waals surface area contributed by atoms with E-state index in [2.05, 4.69) is 17.2 Å². The van der Waals surface area contributed by atoms with Crippen LogP contribution in [0.1, 0.15) is 30.1 Å². The molecule has 0 aliphatic heterocycles. The number of hydrogen-bond donors (Lipinski definition) is 2. The highest BCUT2D eigenvalue weighted by Crippen LogP contribution is 2.26. The molecule has 1 aliphatic rings. The Bertz CT molecular complexity index is 395. The van der Waals surface area contributed by atoms with Gasteiger partial charge in [0.1, 0.15) is 11.0 Å². The molecule has 0 aromatic carbocycles. The van der Waals surface area contributed by atoms with E-state index in [1.165, 1.54) is 12.1 Å². The molecule has 0 atom stereocenters. The minimum absolute atomic E-state index is 0.132. The summed E-state index contributed by atoms with van der Waals surface area (Å²) in [5, 5.41) is 3.18. The fraction of sp³-hybridized carbons (Fsp3) is 0.455. The first-order valence-electron chi connectivity index (χ1n) is 5.28. The first-order chi connectivity index (χ1) is 7.54. The second kappa shape index (κ2) is 4.29. The molecule has 1 aromatic heterocycles. The number of nitrogens with one attached hydrogen (secondary N) is 1. The van der Waals surface area contributed by atoms with Gasteiger partial charge in [0, 0.05) is 11.6 Å². The second-order valence-electron chi connectivity index (χ2n) is 4.35. The van der Waals surface area contributed by atoms with Crippen molar-refractivity contribution in [2.45, 2.75) is 25.8 Å². The number of halogens is 1. The lowest BCUT2D eigenvalue weighted by Gasteiger charge is -2.33. The van der Waals surface area contributed by atoms with Crippen LogP contribution >= 0.6 is 11.6 Å². The largest absolute Gasteiger partial charge is 0.384 e. The molecule has 86 valence electrons. The van der Waals surface area contributed by atoms with Gasteiger partial charge in [-0.2, -0.15) is 0 Å². The highest BCUT2D eigenvalue weighted by molar-refractivity contribution is 6.29. The van der Waals surface area contributed by atoms with Gasteiger partial charge in [0.15, 0.2) is 0 Å². The van der Waals surface area contributed by atoms with Crippen molar-refractivity contribution in [3.05, 3.63) is 22.8 Å². The van der Waals surface area contributed by atoms with Gasteiger partial charge in [0.2, 0.25) is 0 Å². The van der Waals surface area contributed by atoms with E-state index in [-0.39, 0.29) is 22.9 Å². The number of carbonyl (C=O) groups excluding carboxylic acids is 1. The van der Waals surface area contributed by atoms with E-state index in [9.17, 15) is 4.79 Å². The number of carbonyl (C=O) groups is 1. The summed E-state index contributed by atoms with van der Waals surface area (Å²) in [5.74, 6) is 0.837. The fourth-order valence-electron chi connectivity index (χ4n) is 1.94. The van der Waals surface area contributed by atoms with E-state index < -0.39 is 0 Å². The lowest BCUT2D eigenvalue weighted by atomic mass is 9.82. The third kappa shape index (κ3) is 2.44. The highest BCUT2D eigenvalue weighted by Gasteiger charge is 2.26. The third-order valence-corrected chi connectivity index (χ3v) is 2.98. The van der Waals surface area contributed by atoms with Crippen LogP contribution in [-0.2, 0) is 0 Å². The average molecular weight is 240 g/mol. The van der Waals surface area contributed by atoms with Gasteiger partial charge >= 0.3 is 0 Å². The fourth-order valence-corrected chi connectivity index (χ4v) is 2.15. The molecule has 2 rings (SSSR count). The first kappa shape index (κ1) is 11.2. The first-order valence-corrected chi connectivity index (χ1v) is 5.66. The van der Waals surface area contributed by atoms with Crippen LogP contribution in [0.3, 0.4) is 0 Å². The van der Waals surface area contributed by atoms with Gasteiger partial charge in [-0.05, 0) is 30.9 Å². The van der Waals surface area contributed by atoms with Crippen molar-refractivity contribution in [3.63, 3.8) is 0 Å². The number of nitrogens with two attached hydrogens (primary N) is 1.